The summed E-state index contributed by atoms with van der Waals surface area (Å²) >= 11 is 0. The molecule has 3 N–H and O–H groups in total. The molecule has 0 bridgehead atoms. The van der Waals surface area contributed by atoms with Crippen molar-refractivity contribution in [3.8, 4) is 0 Å². The minimum absolute atomic E-state index is 0.0232. The number of rotatable bonds is 4. The summed E-state index contributed by atoms with van der Waals surface area (Å²) in [5.74, 6) is 0. The molecule has 1 atom stereocenters. The summed E-state index contributed by atoms with van der Waals surface area (Å²) in [5, 5.41) is 0. The molecular formula is C13H20N2O3S. The van der Waals surface area contributed by atoms with E-state index in [1.807, 2.05) is 0 Å². The summed E-state index contributed by atoms with van der Waals surface area (Å²) in [7, 11) is -3.52. The number of sulfonamides is 1. The monoisotopic (exact) mass is 284 g/mol. The molecule has 0 spiro atoms. The maximum Gasteiger partial charge on any atom is 0.240 e. The molecule has 1 unspecified atom stereocenters. The van der Waals surface area contributed by atoms with Gasteiger partial charge in [0, 0.05) is 18.8 Å². The normalized spacial score (nSPS) is 20.4. The van der Waals surface area contributed by atoms with E-state index in [2.05, 4.69) is 4.72 Å². The Labute approximate surface area is 114 Å². The quantitative estimate of drug-likeness (QED) is 0.819. The van der Waals surface area contributed by atoms with Crippen molar-refractivity contribution in [2.45, 2.75) is 37.2 Å². The van der Waals surface area contributed by atoms with Crippen LogP contribution in [-0.2, 0) is 14.8 Å². The minimum atomic E-state index is -3.52. The Hall–Kier alpha value is -1.11. The van der Waals surface area contributed by atoms with Gasteiger partial charge in [-0.05, 0) is 43.9 Å². The molecule has 1 aliphatic rings. The number of benzene rings is 1. The van der Waals surface area contributed by atoms with Crippen molar-refractivity contribution in [2.24, 2.45) is 0 Å². The van der Waals surface area contributed by atoms with E-state index in [1.165, 1.54) is 0 Å². The molecule has 1 heterocycles. The molecule has 0 aliphatic carbocycles. The Morgan fingerprint density at radius 1 is 1.42 bits per heavy atom. The average Bonchev–Trinajstić information content (AvgIpc) is 2.41. The van der Waals surface area contributed by atoms with Crippen molar-refractivity contribution in [2.75, 3.05) is 18.9 Å². The third kappa shape index (κ3) is 3.46. The first-order chi connectivity index (χ1) is 9.00. The highest BCUT2D eigenvalue weighted by atomic mass is 32.2. The fraction of sp³-hybridized carbons (Fsp3) is 0.538. The van der Waals surface area contributed by atoms with Crippen molar-refractivity contribution in [1.82, 2.24) is 4.72 Å². The van der Waals surface area contributed by atoms with Gasteiger partial charge in [-0.3, -0.25) is 0 Å². The number of hydrogen-bond donors (Lipinski definition) is 2. The van der Waals surface area contributed by atoms with Gasteiger partial charge in [-0.15, -0.1) is 0 Å². The fourth-order valence-corrected chi connectivity index (χ4v) is 3.51. The molecule has 0 saturated carbocycles. The zero-order valence-corrected chi connectivity index (χ0v) is 11.9. The number of hydrogen-bond acceptors (Lipinski definition) is 4. The zero-order valence-electron chi connectivity index (χ0n) is 11.1. The van der Waals surface area contributed by atoms with Crippen LogP contribution in [0, 0.1) is 6.92 Å². The van der Waals surface area contributed by atoms with Crippen LogP contribution in [0.4, 0.5) is 5.69 Å². The van der Waals surface area contributed by atoms with Crippen LogP contribution in [-0.4, -0.2) is 27.7 Å². The second-order valence-electron chi connectivity index (χ2n) is 4.81. The van der Waals surface area contributed by atoms with E-state index in [0.29, 0.717) is 24.4 Å². The minimum Gasteiger partial charge on any atom is -0.398 e. The molecule has 0 amide bonds. The first kappa shape index (κ1) is 14.3. The van der Waals surface area contributed by atoms with Crippen LogP contribution in [0.5, 0.6) is 0 Å². The lowest BCUT2D eigenvalue weighted by Gasteiger charge is -2.23. The van der Waals surface area contributed by atoms with Gasteiger partial charge >= 0.3 is 0 Å². The summed E-state index contributed by atoms with van der Waals surface area (Å²) in [4.78, 5) is 0.239. The Bertz CT molecular complexity index is 537. The largest absolute Gasteiger partial charge is 0.398 e. The molecule has 0 aromatic heterocycles. The predicted molar refractivity (Wildman–Crippen MR) is 74.4 cm³/mol. The molecular weight excluding hydrogens is 264 g/mol. The summed E-state index contributed by atoms with van der Waals surface area (Å²) in [6, 6.07) is 4.91. The summed E-state index contributed by atoms with van der Waals surface area (Å²) in [6.45, 7) is 2.74. The van der Waals surface area contributed by atoms with Gasteiger partial charge in [0.25, 0.3) is 0 Å². The van der Waals surface area contributed by atoms with Gasteiger partial charge in [-0.2, -0.15) is 0 Å². The summed E-state index contributed by atoms with van der Waals surface area (Å²) in [6.07, 6.45) is 3.02. The van der Waals surface area contributed by atoms with Crippen molar-refractivity contribution >= 4 is 15.7 Å². The lowest BCUT2D eigenvalue weighted by Crippen LogP contribution is -2.35. The Morgan fingerprint density at radius 2 is 2.21 bits per heavy atom. The molecule has 0 radical (unpaired) electrons. The van der Waals surface area contributed by atoms with E-state index in [1.54, 1.807) is 25.1 Å². The third-order valence-electron chi connectivity index (χ3n) is 3.39. The van der Waals surface area contributed by atoms with Crippen LogP contribution in [0.25, 0.3) is 0 Å². The molecule has 1 fully saturated rings. The van der Waals surface area contributed by atoms with Gasteiger partial charge < -0.3 is 10.5 Å². The van der Waals surface area contributed by atoms with Crippen LogP contribution < -0.4 is 10.5 Å². The van der Waals surface area contributed by atoms with Crippen LogP contribution in [0.2, 0.25) is 0 Å². The third-order valence-corrected chi connectivity index (χ3v) is 4.96. The summed E-state index contributed by atoms with van der Waals surface area (Å²) < 4.78 is 32.6. The first-order valence-corrected chi connectivity index (χ1v) is 7.95. The van der Waals surface area contributed by atoms with Crippen molar-refractivity contribution in [1.29, 1.82) is 0 Å². The first-order valence-electron chi connectivity index (χ1n) is 6.47. The van der Waals surface area contributed by atoms with Crippen molar-refractivity contribution < 1.29 is 13.2 Å². The van der Waals surface area contributed by atoms with Crippen LogP contribution in [0.3, 0.4) is 0 Å². The molecule has 2 rings (SSSR count). The zero-order chi connectivity index (χ0) is 13.9. The van der Waals surface area contributed by atoms with Crippen molar-refractivity contribution in [3.63, 3.8) is 0 Å². The Morgan fingerprint density at radius 3 is 2.89 bits per heavy atom. The molecule has 106 valence electrons. The van der Waals surface area contributed by atoms with Gasteiger partial charge in [0.1, 0.15) is 0 Å². The van der Waals surface area contributed by atoms with Gasteiger partial charge in [0.05, 0.1) is 11.0 Å². The highest BCUT2D eigenvalue weighted by molar-refractivity contribution is 7.89. The molecule has 1 aromatic rings. The van der Waals surface area contributed by atoms with E-state index in [4.69, 9.17) is 10.5 Å². The number of nitrogens with two attached hydrogens (primary N) is 1. The Balaban J connectivity index is 2.07. The summed E-state index contributed by atoms with van der Waals surface area (Å²) in [5.41, 5.74) is 6.81. The SMILES string of the molecule is Cc1c(N)cccc1S(=O)(=O)NCC1CCCCO1. The van der Waals surface area contributed by atoms with Crippen LogP contribution >= 0.6 is 0 Å². The van der Waals surface area contributed by atoms with E-state index in [0.717, 1.165) is 19.3 Å². The topological polar surface area (TPSA) is 81.4 Å². The highest BCUT2D eigenvalue weighted by Crippen LogP contribution is 2.20. The number of nitrogens with one attached hydrogen (secondary N) is 1. The maximum absolute atomic E-state index is 12.2. The highest BCUT2D eigenvalue weighted by Gasteiger charge is 2.21. The fourth-order valence-electron chi connectivity index (χ4n) is 2.17. The van der Waals surface area contributed by atoms with Gasteiger partial charge in [-0.1, -0.05) is 6.07 Å². The number of ether oxygens (including phenoxy) is 1. The van der Waals surface area contributed by atoms with E-state index >= 15 is 0 Å². The van der Waals surface area contributed by atoms with Crippen LogP contribution in [0.15, 0.2) is 23.1 Å². The van der Waals surface area contributed by atoms with E-state index in [9.17, 15) is 8.42 Å². The smallest absolute Gasteiger partial charge is 0.240 e. The van der Waals surface area contributed by atoms with Crippen molar-refractivity contribution in [3.05, 3.63) is 23.8 Å². The second-order valence-corrected chi connectivity index (χ2v) is 6.55. The Kier molecular flexibility index (Phi) is 4.44. The number of nitrogen functional groups attached to an aromatic ring is 1. The molecule has 19 heavy (non-hydrogen) atoms. The maximum atomic E-state index is 12.2. The van der Waals surface area contributed by atoms with Crippen LogP contribution in [0.1, 0.15) is 24.8 Å². The van der Waals surface area contributed by atoms with E-state index < -0.39 is 10.0 Å². The molecule has 1 aromatic carbocycles. The average molecular weight is 284 g/mol. The molecule has 1 aliphatic heterocycles. The lowest BCUT2D eigenvalue weighted by atomic mass is 10.1. The van der Waals surface area contributed by atoms with Gasteiger partial charge in [0.15, 0.2) is 0 Å². The molecule has 6 heteroatoms. The van der Waals surface area contributed by atoms with Gasteiger partial charge in [-0.25, -0.2) is 13.1 Å². The standard InChI is InChI=1S/C13H20N2O3S/c1-10-12(14)6-4-7-13(10)19(16,17)15-9-11-5-2-3-8-18-11/h4,6-7,11,15H,2-3,5,8-9,14H2,1H3. The number of anilines is 1. The lowest BCUT2D eigenvalue weighted by molar-refractivity contribution is 0.0200. The van der Waals surface area contributed by atoms with E-state index in [-0.39, 0.29) is 11.0 Å². The predicted octanol–water partition coefficient (Wildman–Crippen LogP) is 1.42. The molecule has 5 nitrogen and oxygen atoms in total. The second kappa shape index (κ2) is 5.90. The van der Waals surface area contributed by atoms with Gasteiger partial charge in [0.2, 0.25) is 10.0 Å². The molecule has 1 saturated heterocycles.